The van der Waals surface area contributed by atoms with Crippen molar-refractivity contribution in [2.45, 2.75) is 37.4 Å². The third kappa shape index (κ3) is 4.77. The highest BCUT2D eigenvalue weighted by atomic mass is 32.2. The lowest BCUT2D eigenvalue weighted by atomic mass is 10.2. The van der Waals surface area contributed by atoms with Crippen molar-refractivity contribution in [2.75, 3.05) is 0 Å². The topological polar surface area (TPSA) is 39.9 Å². The van der Waals surface area contributed by atoms with Crippen molar-refractivity contribution >= 4 is 11.8 Å². The highest BCUT2D eigenvalue weighted by Crippen LogP contribution is 2.27. The number of benzene rings is 2. The van der Waals surface area contributed by atoms with E-state index in [0.717, 1.165) is 5.75 Å². The molecule has 4 nitrogen and oxygen atoms in total. The molecule has 3 rings (SSSR count). The molecule has 140 valence electrons. The lowest BCUT2D eigenvalue weighted by molar-refractivity contribution is 0.210. The molecule has 0 N–H and O–H groups in total. The maximum Gasteiger partial charge on any atom is 0.191 e. The standard InChI is InChI=1S/C21H22FN3OS/c1-4-13-25-20(16(3)26-18-11-9-15(2)10-12-18)23-24-21(25)27-14-17-7-5-6-8-19(17)22/h4-12,16H,1,13-14H2,2-3H3. The van der Waals surface area contributed by atoms with Crippen LogP contribution in [-0.4, -0.2) is 14.8 Å². The number of hydrogen-bond acceptors (Lipinski definition) is 4. The van der Waals surface area contributed by atoms with Crippen molar-refractivity contribution in [1.29, 1.82) is 0 Å². The van der Waals surface area contributed by atoms with Crippen LogP contribution in [0.5, 0.6) is 5.75 Å². The fraction of sp³-hybridized carbons (Fsp3) is 0.238. The Morgan fingerprint density at radius 2 is 1.93 bits per heavy atom. The molecular weight excluding hydrogens is 361 g/mol. The highest BCUT2D eigenvalue weighted by Gasteiger charge is 2.19. The number of nitrogens with zero attached hydrogens (tertiary/aromatic N) is 3. The Balaban J connectivity index is 1.76. The molecule has 0 saturated heterocycles. The number of halogens is 1. The Morgan fingerprint density at radius 3 is 2.63 bits per heavy atom. The quantitative estimate of drug-likeness (QED) is 0.389. The predicted molar refractivity (Wildman–Crippen MR) is 106 cm³/mol. The molecular formula is C21H22FN3OS. The van der Waals surface area contributed by atoms with E-state index in [1.165, 1.54) is 23.4 Å². The first kappa shape index (κ1) is 19.2. The average molecular weight is 383 g/mol. The summed E-state index contributed by atoms with van der Waals surface area (Å²) in [5.74, 6) is 1.76. The minimum Gasteiger partial charge on any atom is -0.483 e. The number of allylic oxidation sites excluding steroid dienone is 1. The first-order valence-corrected chi connectivity index (χ1v) is 9.70. The number of thioether (sulfide) groups is 1. The van der Waals surface area contributed by atoms with Gasteiger partial charge in [0, 0.05) is 12.3 Å². The van der Waals surface area contributed by atoms with E-state index >= 15 is 0 Å². The molecule has 0 spiro atoms. The molecule has 1 unspecified atom stereocenters. The zero-order valence-electron chi connectivity index (χ0n) is 15.4. The number of hydrogen-bond donors (Lipinski definition) is 0. The lowest BCUT2D eigenvalue weighted by Crippen LogP contribution is -2.12. The lowest BCUT2D eigenvalue weighted by Gasteiger charge is -2.16. The molecule has 0 saturated carbocycles. The van der Waals surface area contributed by atoms with Crippen LogP contribution in [0.1, 0.15) is 30.0 Å². The summed E-state index contributed by atoms with van der Waals surface area (Å²) >= 11 is 1.45. The zero-order valence-corrected chi connectivity index (χ0v) is 16.2. The van der Waals surface area contributed by atoms with Crippen LogP contribution in [0, 0.1) is 12.7 Å². The molecule has 0 bridgehead atoms. The normalized spacial score (nSPS) is 12.0. The van der Waals surface area contributed by atoms with Gasteiger partial charge >= 0.3 is 0 Å². The second-order valence-corrected chi connectivity index (χ2v) is 7.14. The van der Waals surface area contributed by atoms with Gasteiger partial charge in [-0.2, -0.15) is 0 Å². The molecule has 0 aliphatic carbocycles. The maximum absolute atomic E-state index is 13.9. The summed E-state index contributed by atoms with van der Waals surface area (Å²) in [4.78, 5) is 0. The summed E-state index contributed by atoms with van der Waals surface area (Å²) in [6.45, 7) is 8.35. The molecule has 1 heterocycles. The predicted octanol–water partition coefficient (Wildman–Crippen LogP) is 5.34. The Hall–Kier alpha value is -2.60. The molecule has 1 aromatic heterocycles. The van der Waals surface area contributed by atoms with E-state index in [1.807, 2.05) is 48.7 Å². The van der Waals surface area contributed by atoms with Crippen LogP contribution in [0.25, 0.3) is 0 Å². The van der Waals surface area contributed by atoms with Crippen LogP contribution < -0.4 is 4.74 Å². The minimum atomic E-state index is -0.275. The van der Waals surface area contributed by atoms with Crippen molar-refractivity contribution in [3.63, 3.8) is 0 Å². The summed E-state index contributed by atoms with van der Waals surface area (Å²) in [5.41, 5.74) is 1.82. The summed E-state index contributed by atoms with van der Waals surface area (Å²) in [6, 6.07) is 14.6. The van der Waals surface area contributed by atoms with E-state index < -0.39 is 0 Å². The number of rotatable bonds is 8. The molecule has 6 heteroatoms. The van der Waals surface area contributed by atoms with Crippen molar-refractivity contribution < 1.29 is 9.13 Å². The zero-order chi connectivity index (χ0) is 19.2. The van der Waals surface area contributed by atoms with Gasteiger partial charge in [-0.3, -0.25) is 4.57 Å². The van der Waals surface area contributed by atoms with E-state index in [-0.39, 0.29) is 11.9 Å². The molecule has 0 aliphatic heterocycles. The Morgan fingerprint density at radius 1 is 1.19 bits per heavy atom. The van der Waals surface area contributed by atoms with Crippen LogP contribution in [-0.2, 0) is 12.3 Å². The summed E-state index contributed by atoms with van der Waals surface area (Å²) < 4.78 is 21.8. The third-order valence-corrected chi connectivity index (χ3v) is 5.08. The molecule has 3 aromatic rings. The Kier molecular flexibility index (Phi) is 6.29. The van der Waals surface area contributed by atoms with E-state index in [9.17, 15) is 4.39 Å². The summed E-state index contributed by atoms with van der Waals surface area (Å²) in [6.07, 6.45) is 1.52. The van der Waals surface area contributed by atoms with Crippen molar-refractivity contribution in [1.82, 2.24) is 14.8 Å². The molecule has 0 radical (unpaired) electrons. The number of ether oxygens (including phenoxy) is 1. The van der Waals surface area contributed by atoms with Crippen molar-refractivity contribution in [2.24, 2.45) is 0 Å². The first-order valence-electron chi connectivity index (χ1n) is 8.72. The second-order valence-electron chi connectivity index (χ2n) is 6.19. The van der Waals surface area contributed by atoms with Crippen LogP contribution in [0.4, 0.5) is 4.39 Å². The third-order valence-electron chi connectivity index (χ3n) is 4.07. The minimum absolute atomic E-state index is 0.212. The smallest absolute Gasteiger partial charge is 0.191 e. The van der Waals surface area contributed by atoms with Gasteiger partial charge < -0.3 is 4.74 Å². The van der Waals surface area contributed by atoms with Crippen molar-refractivity contribution in [3.05, 3.63) is 84.0 Å². The van der Waals surface area contributed by atoms with Crippen molar-refractivity contribution in [3.8, 4) is 5.75 Å². The van der Waals surface area contributed by atoms with Crippen LogP contribution in [0.3, 0.4) is 0 Å². The molecule has 27 heavy (non-hydrogen) atoms. The average Bonchev–Trinajstić information content (AvgIpc) is 3.06. The van der Waals surface area contributed by atoms with E-state index in [0.29, 0.717) is 28.8 Å². The monoisotopic (exact) mass is 383 g/mol. The SMILES string of the molecule is C=CCn1c(SCc2ccccc2F)nnc1C(C)Oc1ccc(C)cc1. The highest BCUT2D eigenvalue weighted by molar-refractivity contribution is 7.98. The molecule has 0 fully saturated rings. The fourth-order valence-electron chi connectivity index (χ4n) is 2.64. The van der Waals surface area contributed by atoms with Gasteiger partial charge in [0.1, 0.15) is 11.6 Å². The second kappa shape index (κ2) is 8.86. The number of aryl methyl sites for hydroxylation is 1. The number of aromatic nitrogens is 3. The first-order chi connectivity index (χ1) is 13.1. The molecule has 0 amide bonds. The van der Waals surface area contributed by atoms with Gasteiger partial charge in [0.25, 0.3) is 0 Å². The maximum atomic E-state index is 13.9. The van der Waals surface area contributed by atoms with Gasteiger partial charge in [-0.25, -0.2) is 4.39 Å². The summed E-state index contributed by atoms with van der Waals surface area (Å²) in [5, 5.41) is 9.31. The summed E-state index contributed by atoms with van der Waals surface area (Å²) in [7, 11) is 0. The molecule has 0 aliphatic rings. The van der Waals surface area contributed by atoms with Gasteiger partial charge in [0.05, 0.1) is 0 Å². The van der Waals surface area contributed by atoms with Gasteiger partial charge in [0.2, 0.25) is 0 Å². The fourth-order valence-corrected chi connectivity index (χ4v) is 3.58. The molecule has 1 atom stereocenters. The van der Waals surface area contributed by atoms with E-state index in [4.69, 9.17) is 4.74 Å². The Bertz CT molecular complexity index is 908. The van der Waals surface area contributed by atoms with Crippen LogP contribution in [0.2, 0.25) is 0 Å². The molecule has 2 aromatic carbocycles. The van der Waals surface area contributed by atoms with Crippen LogP contribution in [0.15, 0.2) is 66.3 Å². The van der Waals surface area contributed by atoms with E-state index in [1.54, 1.807) is 18.2 Å². The van der Waals surface area contributed by atoms with Gasteiger partial charge in [0.15, 0.2) is 17.1 Å². The Labute approximate surface area is 163 Å². The largest absolute Gasteiger partial charge is 0.483 e. The van der Waals surface area contributed by atoms with Gasteiger partial charge in [-0.15, -0.1) is 16.8 Å². The van der Waals surface area contributed by atoms with Crippen LogP contribution >= 0.6 is 11.8 Å². The van der Waals surface area contributed by atoms with Gasteiger partial charge in [-0.05, 0) is 37.6 Å². The van der Waals surface area contributed by atoms with Gasteiger partial charge in [-0.1, -0.05) is 53.7 Å². The van der Waals surface area contributed by atoms with E-state index in [2.05, 4.69) is 16.8 Å².